The summed E-state index contributed by atoms with van der Waals surface area (Å²) in [5.41, 5.74) is -5.75. The molecule has 1 aromatic carbocycles. The lowest BCUT2D eigenvalue weighted by molar-refractivity contribution is -0.142. The third kappa shape index (κ3) is 1.45. The van der Waals surface area contributed by atoms with Crippen molar-refractivity contribution in [1.29, 1.82) is 21.0 Å². The molecule has 0 radical (unpaired) electrons. The Balaban J connectivity index is 2.26. The average molecular weight is 345 g/mol. The van der Waals surface area contributed by atoms with Crippen molar-refractivity contribution in [3.05, 3.63) is 29.8 Å². The first-order valence-electron chi connectivity index (χ1n) is 7.70. The fourth-order valence-corrected chi connectivity index (χ4v) is 3.95. The maximum Gasteiger partial charge on any atom is 0.326 e. The van der Waals surface area contributed by atoms with Crippen molar-refractivity contribution in [3.63, 3.8) is 0 Å². The molecule has 0 aromatic heterocycles. The van der Waals surface area contributed by atoms with Crippen molar-refractivity contribution in [1.82, 2.24) is 0 Å². The van der Waals surface area contributed by atoms with Crippen molar-refractivity contribution >= 4 is 17.6 Å². The summed E-state index contributed by atoms with van der Waals surface area (Å²) < 4.78 is 4.87. The number of nitriles is 4. The highest BCUT2D eigenvalue weighted by molar-refractivity contribution is 6.16. The molecule has 0 unspecified atom stereocenters. The number of hydrogen-bond donors (Lipinski definition) is 0. The summed E-state index contributed by atoms with van der Waals surface area (Å²) in [6, 6.07) is 13.2. The molecule has 126 valence electrons. The van der Waals surface area contributed by atoms with E-state index in [-0.39, 0.29) is 17.9 Å². The summed E-state index contributed by atoms with van der Waals surface area (Å²) in [5, 5.41) is 38.6. The molecule has 0 saturated heterocycles. The first-order valence-corrected chi connectivity index (χ1v) is 7.70. The van der Waals surface area contributed by atoms with E-state index >= 15 is 0 Å². The molecule has 1 aliphatic carbocycles. The Hall–Kier alpha value is -3.88. The molecule has 2 aliphatic rings. The summed E-state index contributed by atoms with van der Waals surface area (Å²) in [6.45, 7) is 1.30. The number of para-hydroxylation sites is 1. The van der Waals surface area contributed by atoms with Crippen LogP contribution in [0.15, 0.2) is 24.3 Å². The summed E-state index contributed by atoms with van der Waals surface area (Å²) in [5.74, 6) is -1.47. The Morgan fingerprint density at radius 2 is 1.62 bits per heavy atom. The number of carbonyl (C=O) groups excluding carboxylic acids is 2. The first-order chi connectivity index (χ1) is 12.5. The lowest BCUT2D eigenvalue weighted by Gasteiger charge is -2.17. The number of rotatable bonds is 3. The van der Waals surface area contributed by atoms with Gasteiger partial charge in [0.2, 0.25) is 5.91 Å². The Morgan fingerprint density at radius 1 is 1.08 bits per heavy atom. The zero-order valence-corrected chi connectivity index (χ0v) is 13.7. The molecular weight excluding hydrogens is 334 g/mol. The zero-order valence-electron chi connectivity index (χ0n) is 13.7. The third-order valence-corrected chi connectivity index (χ3v) is 5.05. The van der Waals surface area contributed by atoms with E-state index in [1.165, 1.54) is 6.07 Å². The maximum absolute atomic E-state index is 13.3. The molecule has 26 heavy (non-hydrogen) atoms. The highest BCUT2D eigenvalue weighted by Crippen LogP contribution is 2.80. The van der Waals surface area contributed by atoms with Crippen LogP contribution in [-0.4, -0.2) is 25.0 Å². The number of esters is 1. The highest BCUT2D eigenvalue weighted by atomic mass is 16.5. The molecule has 0 bridgehead atoms. The number of nitrogens with zero attached hydrogens (tertiary/aromatic N) is 5. The number of hydrogen-bond acceptors (Lipinski definition) is 7. The van der Waals surface area contributed by atoms with E-state index in [4.69, 9.17) is 4.74 Å². The molecule has 0 atom stereocenters. The largest absolute Gasteiger partial charge is 0.465 e. The van der Waals surface area contributed by atoms with Crippen molar-refractivity contribution < 1.29 is 14.3 Å². The van der Waals surface area contributed by atoms with Crippen molar-refractivity contribution in [2.24, 2.45) is 10.8 Å². The van der Waals surface area contributed by atoms with Crippen LogP contribution in [-0.2, 0) is 19.7 Å². The average Bonchev–Trinajstić information content (AvgIpc) is 3.13. The molecule has 1 amide bonds. The topological polar surface area (TPSA) is 142 Å². The van der Waals surface area contributed by atoms with E-state index in [1.807, 2.05) is 0 Å². The van der Waals surface area contributed by atoms with E-state index in [9.17, 15) is 30.6 Å². The Labute approximate surface area is 149 Å². The summed E-state index contributed by atoms with van der Waals surface area (Å²) in [6.07, 6.45) is 0. The number of anilines is 1. The van der Waals surface area contributed by atoms with Crippen LogP contribution in [0.5, 0.6) is 0 Å². The normalized spacial score (nSPS) is 19.4. The van der Waals surface area contributed by atoms with E-state index < -0.39 is 34.7 Å². The number of carbonyl (C=O) groups is 2. The second kappa shape index (κ2) is 5.31. The summed E-state index contributed by atoms with van der Waals surface area (Å²) in [7, 11) is 0. The lowest BCUT2D eigenvalue weighted by atomic mass is 9.87. The van der Waals surface area contributed by atoms with Crippen LogP contribution in [0.25, 0.3) is 0 Å². The SMILES string of the molecule is CCOC(=O)CN1C(=O)C2(c3ccccc31)C(C#N)(C#N)C2(C#N)C#N. The molecule has 1 aliphatic heterocycles. The van der Waals surface area contributed by atoms with Crippen molar-refractivity contribution in [2.75, 3.05) is 18.1 Å². The van der Waals surface area contributed by atoms with E-state index in [0.717, 1.165) is 4.90 Å². The lowest BCUT2D eigenvalue weighted by Crippen LogP contribution is -2.39. The minimum atomic E-state index is -2.15. The second-order valence-corrected chi connectivity index (χ2v) is 5.91. The van der Waals surface area contributed by atoms with Gasteiger partial charge in [-0.1, -0.05) is 18.2 Å². The Kier molecular flexibility index (Phi) is 3.46. The van der Waals surface area contributed by atoms with Gasteiger partial charge in [0.15, 0.2) is 10.8 Å². The van der Waals surface area contributed by atoms with Crippen LogP contribution < -0.4 is 4.90 Å². The van der Waals surface area contributed by atoms with Crippen LogP contribution in [0.2, 0.25) is 0 Å². The molecule has 3 rings (SSSR count). The molecule has 0 N–H and O–H groups in total. The number of fused-ring (bicyclic) bond motifs is 2. The van der Waals surface area contributed by atoms with Crippen LogP contribution in [0, 0.1) is 56.2 Å². The predicted octanol–water partition coefficient (Wildman–Crippen LogP) is 0.915. The molecule has 8 nitrogen and oxygen atoms in total. The standard InChI is InChI=1S/C18H11N5O3/c1-2-26-14(24)7-23-13-6-4-3-5-12(13)18(15(23)25)16(8-19,9-20)17(18,10-21)11-22/h3-6H,2,7H2,1H3. The van der Waals surface area contributed by atoms with Crippen molar-refractivity contribution in [2.45, 2.75) is 12.3 Å². The molecule has 1 saturated carbocycles. The predicted molar refractivity (Wildman–Crippen MR) is 84.4 cm³/mol. The smallest absolute Gasteiger partial charge is 0.326 e. The minimum absolute atomic E-state index is 0.119. The van der Waals surface area contributed by atoms with Gasteiger partial charge in [-0.25, -0.2) is 0 Å². The van der Waals surface area contributed by atoms with Crippen LogP contribution in [0.3, 0.4) is 0 Å². The van der Waals surface area contributed by atoms with E-state index in [2.05, 4.69) is 0 Å². The Morgan fingerprint density at radius 3 is 2.12 bits per heavy atom. The Bertz CT molecular complexity index is 935. The molecular formula is C18H11N5O3. The molecule has 1 spiro atoms. The zero-order chi connectivity index (χ0) is 19.2. The van der Waals surface area contributed by atoms with Gasteiger partial charge in [0.05, 0.1) is 30.9 Å². The van der Waals surface area contributed by atoms with Gasteiger partial charge in [-0.3, -0.25) is 14.5 Å². The maximum atomic E-state index is 13.3. The van der Waals surface area contributed by atoms with Gasteiger partial charge in [-0.2, -0.15) is 21.0 Å². The van der Waals surface area contributed by atoms with Gasteiger partial charge in [0, 0.05) is 5.69 Å². The van der Waals surface area contributed by atoms with Gasteiger partial charge in [-0.15, -0.1) is 0 Å². The fourth-order valence-electron chi connectivity index (χ4n) is 3.95. The van der Waals surface area contributed by atoms with Crippen LogP contribution >= 0.6 is 0 Å². The summed E-state index contributed by atoms with van der Waals surface area (Å²) in [4.78, 5) is 26.3. The first kappa shape index (κ1) is 17.0. The monoisotopic (exact) mass is 345 g/mol. The second-order valence-electron chi connectivity index (χ2n) is 5.91. The van der Waals surface area contributed by atoms with Gasteiger partial charge < -0.3 is 4.74 Å². The minimum Gasteiger partial charge on any atom is -0.465 e. The van der Waals surface area contributed by atoms with Crippen LogP contribution in [0.4, 0.5) is 5.69 Å². The fraction of sp³-hybridized carbons (Fsp3) is 0.333. The molecule has 1 aromatic rings. The van der Waals surface area contributed by atoms with Gasteiger partial charge in [-0.05, 0) is 18.6 Å². The number of ether oxygens (including phenoxy) is 1. The highest BCUT2D eigenvalue weighted by Gasteiger charge is 2.98. The summed E-state index contributed by atoms with van der Waals surface area (Å²) >= 11 is 0. The van der Waals surface area contributed by atoms with Gasteiger partial charge >= 0.3 is 5.97 Å². The van der Waals surface area contributed by atoms with Gasteiger partial charge in [0.25, 0.3) is 0 Å². The van der Waals surface area contributed by atoms with Gasteiger partial charge in [0.1, 0.15) is 12.0 Å². The quantitative estimate of drug-likeness (QED) is 0.741. The van der Waals surface area contributed by atoms with Crippen LogP contribution in [0.1, 0.15) is 12.5 Å². The molecule has 1 heterocycles. The molecule has 8 heteroatoms. The van der Waals surface area contributed by atoms with E-state index in [1.54, 1.807) is 49.4 Å². The molecule has 1 fully saturated rings. The number of amides is 1. The third-order valence-electron chi connectivity index (χ3n) is 5.05. The van der Waals surface area contributed by atoms with E-state index in [0.29, 0.717) is 0 Å². The number of benzene rings is 1. The van der Waals surface area contributed by atoms with Crippen molar-refractivity contribution in [3.8, 4) is 24.3 Å².